The topological polar surface area (TPSA) is 67.8 Å². The van der Waals surface area contributed by atoms with E-state index in [1.807, 2.05) is 18.2 Å². The maximum Gasteiger partial charge on any atom is 0.231 e. The molecule has 3 rings (SSSR count). The molecule has 0 aromatic heterocycles. The molecule has 1 aromatic rings. The van der Waals surface area contributed by atoms with Crippen LogP contribution < -0.4 is 14.8 Å². The van der Waals surface area contributed by atoms with E-state index in [0.717, 1.165) is 11.3 Å². The number of nitrogens with one attached hydrogen (secondary N) is 1. The number of carbonyl (C=O) groups is 1. The average Bonchev–Trinajstić information content (AvgIpc) is 2.93. The van der Waals surface area contributed by atoms with Gasteiger partial charge in [-0.3, -0.25) is 4.79 Å². The van der Waals surface area contributed by atoms with E-state index in [-0.39, 0.29) is 18.6 Å². The van der Waals surface area contributed by atoms with E-state index in [4.69, 9.17) is 9.47 Å². The summed E-state index contributed by atoms with van der Waals surface area (Å²) in [6.07, 6.45) is -0.664. The Hall–Kier alpha value is -1.75. The summed E-state index contributed by atoms with van der Waals surface area (Å²) < 4.78 is 10.6. The van der Waals surface area contributed by atoms with Crippen molar-refractivity contribution < 1.29 is 19.4 Å². The Morgan fingerprint density at radius 1 is 1.39 bits per heavy atom. The second-order valence-electron chi connectivity index (χ2n) is 4.73. The highest BCUT2D eigenvalue weighted by atomic mass is 16.7. The minimum atomic E-state index is -0.664. The van der Waals surface area contributed by atoms with Gasteiger partial charge in [0.15, 0.2) is 11.5 Å². The van der Waals surface area contributed by atoms with Crippen LogP contribution in [0.4, 0.5) is 0 Å². The molecular formula is C13H15NO4. The summed E-state index contributed by atoms with van der Waals surface area (Å²) in [5.74, 6) is 0.922. The fourth-order valence-corrected chi connectivity index (χ4v) is 2.66. The van der Waals surface area contributed by atoms with Crippen LogP contribution in [0.3, 0.4) is 0 Å². The zero-order valence-corrected chi connectivity index (χ0v) is 10.1. The molecule has 2 N–H and O–H groups in total. The van der Waals surface area contributed by atoms with Crippen LogP contribution >= 0.6 is 0 Å². The number of benzene rings is 1. The number of aliphatic hydroxyl groups excluding tert-OH is 1. The lowest BCUT2D eigenvalue weighted by atomic mass is 9.85. The summed E-state index contributed by atoms with van der Waals surface area (Å²) >= 11 is 0. The Morgan fingerprint density at radius 2 is 2.17 bits per heavy atom. The highest BCUT2D eigenvalue weighted by Gasteiger charge is 2.39. The van der Waals surface area contributed by atoms with Gasteiger partial charge in [0.25, 0.3) is 0 Å². The van der Waals surface area contributed by atoms with Crippen molar-refractivity contribution in [1.29, 1.82) is 0 Å². The molecule has 3 atom stereocenters. The van der Waals surface area contributed by atoms with Crippen LogP contribution in [0.2, 0.25) is 0 Å². The van der Waals surface area contributed by atoms with Gasteiger partial charge in [0.05, 0.1) is 12.0 Å². The van der Waals surface area contributed by atoms with Gasteiger partial charge in [-0.05, 0) is 24.6 Å². The third-order valence-corrected chi connectivity index (χ3v) is 3.58. The molecular weight excluding hydrogens is 234 g/mol. The Kier molecular flexibility index (Phi) is 2.63. The van der Waals surface area contributed by atoms with Gasteiger partial charge in [-0.15, -0.1) is 0 Å². The average molecular weight is 249 g/mol. The van der Waals surface area contributed by atoms with E-state index < -0.39 is 12.0 Å². The number of aliphatic hydroxyl groups is 1. The molecule has 2 aliphatic heterocycles. The van der Waals surface area contributed by atoms with Gasteiger partial charge in [-0.25, -0.2) is 0 Å². The summed E-state index contributed by atoms with van der Waals surface area (Å²) in [6.45, 7) is 2.43. The summed E-state index contributed by atoms with van der Waals surface area (Å²) in [7, 11) is 0. The van der Waals surface area contributed by atoms with Crippen molar-refractivity contribution in [2.24, 2.45) is 5.92 Å². The standard InChI is InChI=1S/C13H15NO4/c1-7(15)12-9(5-14-13(12)16)8-2-3-10-11(4-8)18-6-17-10/h2-4,7,9,12,15H,5-6H2,1H3,(H,14,16). The van der Waals surface area contributed by atoms with Crippen LogP contribution in [0, 0.1) is 5.92 Å². The molecule has 5 heteroatoms. The lowest BCUT2D eigenvalue weighted by Gasteiger charge is -2.19. The molecule has 3 unspecified atom stereocenters. The van der Waals surface area contributed by atoms with Crippen LogP contribution in [0.5, 0.6) is 11.5 Å². The predicted molar refractivity (Wildman–Crippen MR) is 63.5 cm³/mol. The molecule has 1 fully saturated rings. The molecule has 2 heterocycles. The molecule has 96 valence electrons. The Morgan fingerprint density at radius 3 is 2.94 bits per heavy atom. The largest absolute Gasteiger partial charge is 0.454 e. The summed E-state index contributed by atoms with van der Waals surface area (Å²) in [5, 5.41) is 12.5. The van der Waals surface area contributed by atoms with E-state index in [1.165, 1.54) is 0 Å². The summed E-state index contributed by atoms with van der Waals surface area (Å²) in [5.41, 5.74) is 0.989. The molecule has 0 bridgehead atoms. The highest BCUT2D eigenvalue weighted by Crippen LogP contribution is 2.38. The number of rotatable bonds is 2. The Bertz CT molecular complexity index is 486. The Labute approximate surface area is 105 Å². The van der Waals surface area contributed by atoms with Crippen molar-refractivity contribution >= 4 is 5.91 Å². The third kappa shape index (κ3) is 1.71. The SMILES string of the molecule is CC(O)C1C(=O)NCC1c1ccc2c(c1)OCO2. The highest BCUT2D eigenvalue weighted by molar-refractivity contribution is 5.83. The monoisotopic (exact) mass is 249 g/mol. The number of hydrogen-bond acceptors (Lipinski definition) is 4. The zero-order valence-electron chi connectivity index (χ0n) is 10.1. The molecule has 1 amide bonds. The molecule has 0 radical (unpaired) electrons. The quantitative estimate of drug-likeness (QED) is 0.806. The fourth-order valence-electron chi connectivity index (χ4n) is 2.66. The molecule has 0 aliphatic carbocycles. The van der Waals surface area contributed by atoms with Crippen molar-refractivity contribution in [3.8, 4) is 11.5 Å². The van der Waals surface area contributed by atoms with Crippen LogP contribution in [0.1, 0.15) is 18.4 Å². The van der Waals surface area contributed by atoms with Gasteiger partial charge >= 0.3 is 0 Å². The maximum atomic E-state index is 11.7. The fraction of sp³-hybridized carbons (Fsp3) is 0.462. The molecule has 5 nitrogen and oxygen atoms in total. The lowest BCUT2D eigenvalue weighted by molar-refractivity contribution is -0.125. The van der Waals surface area contributed by atoms with E-state index in [2.05, 4.69) is 5.32 Å². The number of amides is 1. The molecule has 2 aliphatic rings. The van der Waals surface area contributed by atoms with Gasteiger partial charge in [0, 0.05) is 12.5 Å². The first-order valence-corrected chi connectivity index (χ1v) is 6.02. The van der Waals surface area contributed by atoms with E-state index >= 15 is 0 Å². The minimum Gasteiger partial charge on any atom is -0.454 e. The van der Waals surface area contributed by atoms with E-state index in [1.54, 1.807) is 6.92 Å². The minimum absolute atomic E-state index is 0.0213. The summed E-state index contributed by atoms with van der Waals surface area (Å²) in [4.78, 5) is 11.7. The van der Waals surface area contributed by atoms with E-state index in [0.29, 0.717) is 12.3 Å². The van der Waals surface area contributed by atoms with Crippen molar-refractivity contribution in [2.45, 2.75) is 18.9 Å². The maximum absolute atomic E-state index is 11.7. The second kappa shape index (κ2) is 4.17. The van der Waals surface area contributed by atoms with Gasteiger partial charge in [0.1, 0.15) is 0 Å². The number of carbonyl (C=O) groups excluding carboxylic acids is 1. The zero-order chi connectivity index (χ0) is 12.7. The number of ether oxygens (including phenoxy) is 2. The lowest BCUT2D eigenvalue weighted by Crippen LogP contribution is -2.28. The normalized spacial score (nSPS) is 27.1. The van der Waals surface area contributed by atoms with Crippen molar-refractivity contribution in [2.75, 3.05) is 13.3 Å². The van der Waals surface area contributed by atoms with E-state index in [9.17, 15) is 9.90 Å². The van der Waals surface area contributed by atoms with Crippen molar-refractivity contribution in [1.82, 2.24) is 5.32 Å². The predicted octanol–water partition coefficient (Wildman–Crippen LogP) is 0.626. The molecule has 0 saturated carbocycles. The Balaban J connectivity index is 1.92. The van der Waals surface area contributed by atoms with Crippen LogP contribution in [0.25, 0.3) is 0 Å². The third-order valence-electron chi connectivity index (χ3n) is 3.58. The second-order valence-corrected chi connectivity index (χ2v) is 4.73. The van der Waals surface area contributed by atoms with Gasteiger partial charge in [0.2, 0.25) is 12.7 Å². The van der Waals surface area contributed by atoms with Crippen LogP contribution in [-0.4, -0.2) is 30.5 Å². The first-order valence-electron chi connectivity index (χ1n) is 6.02. The smallest absolute Gasteiger partial charge is 0.231 e. The molecule has 1 aromatic carbocycles. The van der Waals surface area contributed by atoms with Crippen molar-refractivity contribution in [3.63, 3.8) is 0 Å². The molecule has 18 heavy (non-hydrogen) atoms. The van der Waals surface area contributed by atoms with Crippen LogP contribution in [0.15, 0.2) is 18.2 Å². The first kappa shape index (κ1) is 11.3. The number of fused-ring (bicyclic) bond motifs is 1. The van der Waals surface area contributed by atoms with Gasteiger partial charge < -0.3 is 19.9 Å². The number of hydrogen-bond donors (Lipinski definition) is 2. The summed E-state index contributed by atoms with van der Waals surface area (Å²) in [6, 6.07) is 5.66. The van der Waals surface area contributed by atoms with Crippen LogP contribution in [-0.2, 0) is 4.79 Å². The van der Waals surface area contributed by atoms with Crippen molar-refractivity contribution in [3.05, 3.63) is 23.8 Å². The molecule has 1 saturated heterocycles. The first-order chi connectivity index (χ1) is 8.66. The van der Waals surface area contributed by atoms with Gasteiger partial charge in [-0.2, -0.15) is 0 Å². The molecule has 0 spiro atoms. The van der Waals surface area contributed by atoms with Gasteiger partial charge in [-0.1, -0.05) is 6.07 Å².